The van der Waals surface area contributed by atoms with Crippen molar-refractivity contribution in [2.24, 2.45) is 0 Å². The molecule has 2 aromatic rings. The van der Waals surface area contributed by atoms with Crippen LogP contribution in [0.25, 0.3) is 0 Å². The fraction of sp³-hybridized carbons (Fsp3) is 0.381. The van der Waals surface area contributed by atoms with Gasteiger partial charge < -0.3 is 14.5 Å². The number of aryl methyl sites for hydroxylation is 1. The lowest BCUT2D eigenvalue weighted by atomic mass is 10.1. The molecule has 0 aliphatic carbocycles. The van der Waals surface area contributed by atoms with Crippen molar-refractivity contribution in [2.45, 2.75) is 19.3 Å². The molecule has 0 atom stereocenters. The number of halogens is 1. The molecule has 4 nitrogen and oxygen atoms in total. The Morgan fingerprint density at radius 1 is 1.08 bits per heavy atom. The Kier molecular flexibility index (Phi) is 4.89. The highest BCUT2D eigenvalue weighted by Gasteiger charge is 2.25. The van der Waals surface area contributed by atoms with Gasteiger partial charge in [-0.15, -0.1) is 0 Å². The molecule has 5 heteroatoms. The van der Waals surface area contributed by atoms with Crippen LogP contribution in [0.3, 0.4) is 0 Å². The first-order valence-corrected chi connectivity index (χ1v) is 9.21. The molecule has 0 bridgehead atoms. The SMILES string of the molecule is O=C(CCc1cccc(F)c1)N1CCc2ccc(N3CCOCC3)cc21. The Labute approximate surface area is 153 Å². The van der Waals surface area contributed by atoms with Crippen LogP contribution < -0.4 is 9.80 Å². The van der Waals surface area contributed by atoms with Gasteiger partial charge in [-0.2, -0.15) is 0 Å². The van der Waals surface area contributed by atoms with Gasteiger partial charge in [-0.1, -0.05) is 18.2 Å². The van der Waals surface area contributed by atoms with Gasteiger partial charge in [0.25, 0.3) is 0 Å². The number of nitrogens with zero attached hydrogens (tertiary/aromatic N) is 2. The molecule has 0 saturated carbocycles. The van der Waals surface area contributed by atoms with E-state index in [0.717, 1.165) is 56.2 Å². The molecule has 2 aliphatic heterocycles. The number of ether oxygens (including phenoxy) is 1. The minimum Gasteiger partial charge on any atom is -0.378 e. The van der Waals surface area contributed by atoms with Crippen molar-refractivity contribution in [3.8, 4) is 0 Å². The van der Waals surface area contributed by atoms with Crippen molar-refractivity contribution in [1.82, 2.24) is 0 Å². The predicted molar refractivity (Wildman–Crippen MR) is 100 cm³/mol. The van der Waals surface area contributed by atoms with E-state index >= 15 is 0 Å². The van der Waals surface area contributed by atoms with Crippen molar-refractivity contribution in [1.29, 1.82) is 0 Å². The number of carbonyl (C=O) groups excluding carboxylic acids is 1. The Morgan fingerprint density at radius 3 is 2.73 bits per heavy atom. The molecule has 1 fully saturated rings. The van der Waals surface area contributed by atoms with Crippen molar-refractivity contribution in [2.75, 3.05) is 42.6 Å². The summed E-state index contributed by atoms with van der Waals surface area (Å²) in [6.45, 7) is 3.98. The summed E-state index contributed by atoms with van der Waals surface area (Å²) >= 11 is 0. The quantitative estimate of drug-likeness (QED) is 0.845. The zero-order valence-corrected chi connectivity index (χ0v) is 14.8. The number of benzene rings is 2. The van der Waals surface area contributed by atoms with Gasteiger partial charge in [0.05, 0.1) is 13.2 Å². The summed E-state index contributed by atoms with van der Waals surface area (Å²) in [4.78, 5) is 16.9. The molecule has 0 radical (unpaired) electrons. The van der Waals surface area contributed by atoms with Gasteiger partial charge in [0.1, 0.15) is 5.82 Å². The van der Waals surface area contributed by atoms with Gasteiger partial charge in [0.15, 0.2) is 0 Å². The van der Waals surface area contributed by atoms with E-state index in [9.17, 15) is 9.18 Å². The van der Waals surface area contributed by atoms with Crippen LogP contribution in [0, 0.1) is 5.82 Å². The highest BCUT2D eigenvalue weighted by molar-refractivity contribution is 5.96. The second kappa shape index (κ2) is 7.46. The summed E-state index contributed by atoms with van der Waals surface area (Å²) in [5.74, 6) is -0.149. The molecule has 2 aliphatic rings. The molecule has 1 saturated heterocycles. The lowest BCUT2D eigenvalue weighted by molar-refractivity contribution is -0.118. The summed E-state index contributed by atoms with van der Waals surface area (Å²) < 4.78 is 18.7. The van der Waals surface area contributed by atoms with Crippen molar-refractivity contribution >= 4 is 17.3 Å². The Balaban J connectivity index is 1.46. The van der Waals surface area contributed by atoms with Crippen molar-refractivity contribution in [3.63, 3.8) is 0 Å². The molecular weight excluding hydrogens is 331 g/mol. The van der Waals surface area contributed by atoms with Crippen LogP contribution in [0.5, 0.6) is 0 Å². The number of hydrogen-bond donors (Lipinski definition) is 0. The van der Waals surface area contributed by atoms with Gasteiger partial charge in [0.2, 0.25) is 5.91 Å². The zero-order valence-electron chi connectivity index (χ0n) is 14.8. The first-order valence-electron chi connectivity index (χ1n) is 9.21. The monoisotopic (exact) mass is 354 g/mol. The number of amides is 1. The van der Waals surface area contributed by atoms with Crippen LogP contribution in [0.1, 0.15) is 17.5 Å². The fourth-order valence-electron chi connectivity index (χ4n) is 3.72. The van der Waals surface area contributed by atoms with Crippen LogP contribution in [0.2, 0.25) is 0 Å². The summed E-state index contributed by atoms with van der Waals surface area (Å²) in [5, 5.41) is 0. The molecule has 136 valence electrons. The van der Waals surface area contributed by atoms with Gasteiger partial charge in [-0.25, -0.2) is 4.39 Å². The summed E-state index contributed by atoms with van der Waals surface area (Å²) in [6, 6.07) is 12.9. The van der Waals surface area contributed by atoms with E-state index in [2.05, 4.69) is 23.1 Å². The summed E-state index contributed by atoms with van der Waals surface area (Å²) in [6.07, 6.45) is 1.85. The highest BCUT2D eigenvalue weighted by atomic mass is 19.1. The maximum absolute atomic E-state index is 13.3. The number of carbonyl (C=O) groups is 1. The van der Waals surface area contributed by atoms with Crippen molar-refractivity contribution in [3.05, 3.63) is 59.4 Å². The predicted octanol–water partition coefficient (Wildman–Crippen LogP) is 3.18. The molecule has 2 aromatic carbocycles. The number of rotatable bonds is 4. The minimum absolute atomic E-state index is 0.104. The molecule has 4 rings (SSSR count). The third-order valence-corrected chi connectivity index (χ3v) is 5.16. The van der Waals surface area contributed by atoms with Crippen LogP contribution in [0.4, 0.5) is 15.8 Å². The third kappa shape index (κ3) is 3.58. The fourth-order valence-corrected chi connectivity index (χ4v) is 3.72. The maximum Gasteiger partial charge on any atom is 0.227 e. The normalized spacial score (nSPS) is 16.7. The van der Waals surface area contributed by atoms with Crippen LogP contribution >= 0.6 is 0 Å². The molecule has 0 aromatic heterocycles. The lowest BCUT2D eigenvalue weighted by Crippen LogP contribution is -2.36. The Hall–Kier alpha value is -2.40. The van der Waals surface area contributed by atoms with Crippen LogP contribution in [0.15, 0.2) is 42.5 Å². The van der Waals surface area contributed by atoms with E-state index in [-0.39, 0.29) is 11.7 Å². The molecular formula is C21H23FN2O2. The van der Waals surface area contributed by atoms with Gasteiger partial charge >= 0.3 is 0 Å². The van der Waals surface area contributed by atoms with Gasteiger partial charge in [0, 0.05) is 37.4 Å². The van der Waals surface area contributed by atoms with E-state index in [4.69, 9.17) is 4.74 Å². The lowest BCUT2D eigenvalue weighted by Gasteiger charge is -2.29. The van der Waals surface area contributed by atoms with Gasteiger partial charge in [-0.05, 0) is 48.2 Å². The average Bonchev–Trinajstić information content (AvgIpc) is 3.10. The molecule has 26 heavy (non-hydrogen) atoms. The number of morpholine rings is 1. The zero-order chi connectivity index (χ0) is 17.9. The van der Waals surface area contributed by atoms with E-state index in [0.29, 0.717) is 12.8 Å². The van der Waals surface area contributed by atoms with E-state index < -0.39 is 0 Å². The second-order valence-electron chi connectivity index (χ2n) is 6.84. The highest BCUT2D eigenvalue weighted by Crippen LogP contribution is 2.33. The van der Waals surface area contributed by atoms with Crippen molar-refractivity contribution < 1.29 is 13.9 Å². The smallest absolute Gasteiger partial charge is 0.227 e. The summed E-state index contributed by atoms with van der Waals surface area (Å²) in [5.41, 5.74) is 4.26. The van der Waals surface area contributed by atoms with E-state index in [1.165, 1.54) is 17.7 Å². The molecule has 0 spiro atoms. The second-order valence-corrected chi connectivity index (χ2v) is 6.84. The third-order valence-electron chi connectivity index (χ3n) is 5.16. The number of hydrogen-bond acceptors (Lipinski definition) is 3. The molecule has 2 heterocycles. The van der Waals surface area contributed by atoms with Gasteiger partial charge in [-0.3, -0.25) is 4.79 Å². The molecule has 1 amide bonds. The Bertz CT molecular complexity index is 802. The molecule has 0 unspecified atom stereocenters. The topological polar surface area (TPSA) is 32.8 Å². The maximum atomic E-state index is 13.3. The summed E-state index contributed by atoms with van der Waals surface area (Å²) in [7, 11) is 0. The first kappa shape index (κ1) is 17.0. The van der Waals surface area contributed by atoms with E-state index in [1.807, 2.05) is 11.0 Å². The average molecular weight is 354 g/mol. The minimum atomic E-state index is -0.253. The first-order chi connectivity index (χ1) is 12.7. The Morgan fingerprint density at radius 2 is 1.92 bits per heavy atom. The molecule has 0 N–H and O–H groups in total. The van der Waals surface area contributed by atoms with Crippen LogP contribution in [-0.2, 0) is 22.4 Å². The number of anilines is 2. The standard InChI is InChI=1S/C21H23FN2O2/c22-18-3-1-2-16(14-18)4-7-21(25)24-9-8-17-5-6-19(15-20(17)24)23-10-12-26-13-11-23/h1-3,5-6,14-15H,4,7-13H2. The van der Waals surface area contributed by atoms with E-state index in [1.54, 1.807) is 6.07 Å². The van der Waals surface area contributed by atoms with Crippen LogP contribution in [-0.4, -0.2) is 38.8 Å². The largest absolute Gasteiger partial charge is 0.378 e. The number of fused-ring (bicyclic) bond motifs is 1.